The molecule has 0 saturated carbocycles. The molecule has 3 heterocycles. The van der Waals surface area contributed by atoms with Gasteiger partial charge < -0.3 is 19.6 Å². The number of rotatable bonds is 11. The molecule has 5 rings (SSSR count). The van der Waals surface area contributed by atoms with Gasteiger partial charge in [0.05, 0.1) is 24.6 Å². The lowest BCUT2D eigenvalue weighted by molar-refractivity contribution is -0.0351. The second kappa shape index (κ2) is 12.8. The summed E-state index contributed by atoms with van der Waals surface area (Å²) >= 11 is 0. The van der Waals surface area contributed by atoms with Crippen molar-refractivity contribution in [2.24, 2.45) is 0 Å². The quantitative estimate of drug-likeness (QED) is 0.220. The summed E-state index contributed by atoms with van der Waals surface area (Å²) in [5, 5.41) is -0.115. The van der Waals surface area contributed by atoms with Crippen LogP contribution in [0.1, 0.15) is 49.3 Å². The Labute approximate surface area is 263 Å². The summed E-state index contributed by atoms with van der Waals surface area (Å²) in [6.45, 7) is 10.4. The third-order valence-corrected chi connectivity index (χ3v) is 13.5. The Morgan fingerprint density at radius 1 is 1.09 bits per heavy atom. The number of nitrogens with two attached hydrogens (primary N) is 1. The summed E-state index contributed by atoms with van der Waals surface area (Å²) in [7, 11) is -6.86. The van der Waals surface area contributed by atoms with E-state index in [1.807, 2.05) is 35.1 Å². The van der Waals surface area contributed by atoms with E-state index in [9.17, 15) is 13.2 Å². The number of nitrogen functional groups attached to an aromatic ring is 1. The number of hydrogen-bond donors (Lipinski definition) is 2. The summed E-state index contributed by atoms with van der Waals surface area (Å²) in [5.74, 6) is -0.421. The Bertz CT molecular complexity index is 1760. The SMILES string of the molecule is CC(C)(C)[Si](C)(C)O[C@H]1C[C@H](n2cnc3c(N)ncnc32)O[C@@H]1COS(=O)(=O)NC(=O)c1ccccc1OCc1ccccc1. The third-order valence-electron chi connectivity index (χ3n) is 8.10. The van der Waals surface area contributed by atoms with Gasteiger partial charge in [0.15, 0.2) is 19.8 Å². The van der Waals surface area contributed by atoms with E-state index in [1.54, 1.807) is 29.1 Å². The van der Waals surface area contributed by atoms with E-state index in [4.69, 9.17) is 23.8 Å². The van der Waals surface area contributed by atoms with Crippen molar-refractivity contribution in [3.63, 3.8) is 0 Å². The molecule has 2 aromatic heterocycles. The highest BCUT2D eigenvalue weighted by Gasteiger charge is 2.46. The molecule has 0 unspecified atom stereocenters. The predicted molar refractivity (Wildman–Crippen MR) is 170 cm³/mol. The number of para-hydroxylation sites is 1. The number of fused-ring (bicyclic) bond motifs is 1. The highest BCUT2D eigenvalue weighted by molar-refractivity contribution is 7.85. The zero-order valence-corrected chi connectivity index (χ0v) is 27.7. The maximum atomic E-state index is 13.1. The van der Waals surface area contributed by atoms with Crippen LogP contribution >= 0.6 is 0 Å². The molecule has 1 amide bonds. The van der Waals surface area contributed by atoms with Gasteiger partial charge in [0.2, 0.25) is 0 Å². The van der Waals surface area contributed by atoms with Crippen molar-refractivity contribution >= 4 is 41.5 Å². The van der Waals surface area contributed by atoms with Gasteiger partial charge in [-0.1, -0.05) is 63.2 Å². The van der Waals surface area contributed by atoms with Crippen LogP contribution in [0.15, 0.2) is 67.3 Å². The Balaban J connectivity index is 1.29. The maximum absolute atomic E-state index is 13.1. The Hall–Kier alpha value is -3.89. The molecule has 0 radical (unpaired) electrons. The number of amides is 1. The summed E-state index contributed by atoms with van der Waals surface area (Å²) in [6, 6.07) is 15.8. The van der Waals surface area contributed by atoms with E-state index < -0.39 is 49.6 Å². The molecule has 240 valence electrons. The fraction of sp³-hybridized carbons (Fsp3) is 0.400. The number of anilines is 1. The first-order chi connectivity index (χ1) is 21.2. The molecule has 0 spiro atoms. The molecule has 45 heavy (non-hydrogen) atoms. The van der Waals surface area contributed by atoms with Gasteiger partial charge in [0.1, 0.15) is 36.5 Å². The summed E-state index contributed by atoms with van der Waals surface area (Å²) < 4.78 is 53.8. The van der Waals surface area contributed by atoms with Crippen LogP contribution < -0.4 is 15.2 Å². The van der Waals surface area contributed by atoms with Crippen molar-refractivity contribution < 1.29 is 31.3 Å². The average Bonchev–Trinajstić information content (AvgIpc) is 3.59. The van der Waals surface area contributed by atoms with Crippen LogP contribution in [0.25, 0.3) is 11.2 Å². The Morgan fingerprint density at radius 2 is 1.80 bits per heavy atom. The molecular formula is C30H38N6O7SSi. The zero-order valence-electron chi connectivity index (χ0n) is 25.8. The normalized spacial score (nSPS) is 19.1. The van der Waals surface area contributed by atoms with Crippen molar-refractivity contribution in [3.05, 3.63) is 78.4 Å². The van der Waals surface area contributed by atoms with Gasteiger partial charge in [0, 0.05) is 6.42 Å². The molecule has 2 aromatic carbocycles. The molecule has 3 N–H and O–H groups in total. The summed E-state index contributed by atoms with van der Waals surface area (Å²) in [5.41, 5.74) is 7.82. The molecule has 1 saturated heterocycles. The number of carbonyl (C=O) groups is 1. The number of aromatic nitrogens is 4. The van der Waals surface area contributed by atoms with E-state index in [1.165, 1.54) is 12.4 Å². The van der Waals surface area contributed by atoms with Crippen LogP contribution in [0.5, 0.6) is 5.75 Å². The molecule has 3 atom stereocenters. The van der Waals surface area contributed by atoms with Crippen molar-refractivity contribution in [2.45, 2.75) is 70.4 Å². The Kier molecular flexibility index (Phi) is 9.28. The lowest BCUT2D eigenvalue weighted by Gasteiger charge is -2.39. The van der Waals surface area contributed by atoms with Gasteiger partial charge in [-0.25, -0.2) is 19.7 Å². The van der Waals surface area contributed by atoms with E-state index in [2.05, 4.69) is 48.8 Å². The largest absolute Gasteiger partial charge is 0.488 e. The predicted octanol–water partition coefficient (Wildman–Crippen LogP) is 4.36. The first-order valence-corrected chi connectivity index (χ1v) is 18.8. The van der Waals surface area contributed by atoms with Crippen LogP contribution in [0.3, 0.4) is 0 Å². The molecule has 1 aliphatic rings. The number of nitrogens with one attached hydrogen (secondary N) is 1. The van der Waals surface area contributed by atoms with Crippen LogP contribution in [0.2, 0.25) is 18.1 Å². The number of hydrogen-bond acceptors (Lipinski definition) is 11. The monoisotopic (exact) mass is 654 g/mol. The van der Waals surface area contributed by atoms with Crippen LogP contribution in [0.4, 0.5) is 5.82 Å². The molecule has 0 aliphatic carbocycles. The Morgan fingerprint density at radius 3 is 2.53 bits per heavy atom. The summed E-state index contributed by atoms with van der Waals surface area (Å²) in [4.78, 5) is 25.7. The minimum atomic E-state index is -4.54. The van der Waals surface area contributed by atoms with Gasteiger partial charge >= 0.3 is 10.3 Å². The average molecular weight is 655 g/mol. The molecule has 0 bridgehead atoms. The number of carbonyl (C=O) groups excluding carboxylic acids is 1. The van der Waals surface area contributed by atoms with Gasteiger partial charge in [-0.15, -0.1) is 0 Å². The smallest absolute Gasteiger partial charge is 0.362 e. The van der Waals surface area contributed by atoms with Gasteiger partial charge in [-0.3, -0.25) is 13.5 Å². The van der Waals surface area contributed by atoms with E-state index >= 15 is 0 Å². The second-order valence-corrected chi connectivity index (χ2v) is 18.4. The number of ether oxygens (including phenoxy) is 2. The molecule has 13 nitrogen and oxygen atoms in total. The van der Waals surface area contributed by atoms with E-state index in [-0.39, 0.29) is 28.8 Å². The molecular weight excluding hydrogens is 617 g/mol. The summed E-state index contributed by atoms with van der Waals surface area (Å²) in [6.07, 6.45) is 1.41. The fourth-order valence-corrected chi connectivity index (χ4v) is 6.72. The van der Waals surface area contributed by atoms with Gasteiger partial charge in [-0.2, -0.15) is 8.42 Å². The number of nitrogens with zero attached hydrogens (tertiary/aromatic N) is 4. The zero-order chi connectivity index (χ0) is 32.4. The van der Waals surface area contributed by atoms with Crippen LogP contribution in [-0.4, -0.2) is 61.0 Å². The minimum absolute atomic E-state index is 0.0465. The number of imidazole rings is 1. The van der Waals surface area contributed by atoms with E-state index in [0.717, 1.165) is 5.56 Å². The van der Waals surface area contributed by atoms with Gasteiger partial charge in [0.25, 0.3) is 5.91 Å². The van der Waals surface area contributed by atoms with Crippen LogP contribution in [0, 0.1) is 0 Å². The second-order valence-electron chi connectivity index (χ2n) is 12.3. The standard InChI is InChI=1S/C30H38N6O7SSi/c1-30(2,3)45(4,5)43-23-15-25(36-19-34-26-27(31)32-18-33-28(26)36)42-24(23)17-41-44(38,39)35-29(37)21-13-9-10-14-22(21)40-16-20-11-7-6-8-12-20/h6-14,18-19,23-25H,15-17H2,1-5H3,(H,35,37)(H2,31,32,33)/t23-,24+,25+/m0/s1. The van der Waals surface area contributed by atoms with Crippen molar-refractivity contribution in [1.82, 2.24) is 24.2 Å². The molecule has 1 fully saturated rings. The first kappa shape index (κ1) is 32.5. The molecule has 1 aliphatic heterocycles. The van der Waals surface area contributed by atoms with E-state index in [0.29, 0.717) is 17.6 Å². The first-order valence-electron chi connectivity index (χ1n) is 14.5. The van der Waals surface area contributed by atoms with Crippen molar-refractivity contribution in [3.8, 4) is 5.75 Å². The maximum Gasteiger partial charge on any atom is 0.362 e. The fourth-order valence-electron chi connectivity index (χ4n) is 4.65. The molecule has 15 heteroatoms. The highest BCUT2D eigenvalue weighted by Crippen LogP contribution is 2.41. The highest BCUT2D eigenvalue weighted by atomic mass is 32.2. The van der Waals surface area contributed by atoms with Gasteiger partial charge in [-0.05, 0) is 35.8 Å². The van der Waals surface area contributed by atoms with Crippen molar-refractivity contribution in [2.75, 3.05) is 12.3 Å². The molecule has 4 aromatic rings. The lowest BCUT2D eigenvalue weighted by atomic mass is 10.2. The van der Waals surface area contributed by atoms with Crippen LogP contribution in [-0.2, 0) is 30.3 Å². The third kappa shape index (κ3) is 7.50. The topological polar surface area (TPSA) is 170 Å². The van der Waals surface area contributed by atoms with Crippen molar-refractivity contribution in [1.29, 1.82) is 0 Å². The lowest BCUT2D eigenvalue weighted by Crippen LogP contribution is -2.47. The minimum Gasteiger partial charge on any atom is -0.488 e. The number of benzene rings is 2.